The monoisotopic (exact) mass is 400 g/mol. The summed E-state index contributed by atoms with van der Waals surface area (Å²) in [5.74, 6) is 1.24. The van der Waals surface area contributed by atoms with Gasteiger partial charge in [0.1, 0.15) is 6.61 Å². The van der Waals surface area contributed by atoms with E-state index in [-0.39, 0.29) is 6.61 Å². The Kier molecular flexibility index (Phi) is 5.46. The van der Waals surface area contributed by atoms with E-state index < -0.39 is 0 Å². The molecule has 0 aliphatic carbocycles. The Labute approximate surface area is 134 Å². The van der Waals surface area contributed by atoms with Crippen LogP contribution in [0.25, 0.3) is 0 Å². The maximum atomic E-state index is 9.23. The van der Waals surface area contributed by atoms with E-state index in [1.54, 1.807) is 13.2 Å². The molecule has 0 radical (unpaired) electrons. The predicted molar refractivity (Wildman–Crippen MR) is 85.1 cm³/mol. The molecule has 0 unspecified atom stereocenters. The Morgan fingerprint density at radius 1 is 1.05 bits per heavy atom. The Morgan fingerprint density at radius 2 is 1.75 bits per heavy atom. The van der Waals surface area contributed by atoms with Crippen LogP contribution in [0.4, 0.5) is 0 Å². The number of halogens is 2. The summed E-state index contributed by atoms with van der Waals surface area (Å²) in [4.78, 5) is 0. The molecule has 0 amide bonds. The summed E-state index contributed by atoms with van der Waals surface area (Å²) in [6, 6.07) is 11.5. The molecule has 1 N–H and O–H groups in total. The van der Waals surface area contributed by atoms with E-state index in [2.05, 4.69) is 31.9 Å². The van der Waals surface area contributed by atoms with E-state index in [4.69, 9.17) is 9.47 Å². The standard InChI is InChI=1S/C15H14Br2O3/c1-19-14-6-11(8-18)13(17)7-15(14)20-9-10-2-4-12(16)5-3-10/h2-7,18H,8-9H2,1H3. The maximum Gasteiger partial charge on any atom is 0.162 e. The molecular weight excluding hydrogens is 388 g/mol. The third-order valence-corrected chi connectivity index (χ3v) is 4.08. The lowest BCUT2D eigenvalue weighted by Crippen LogP contribution is -1.99. The molecule has 0 saturated carbocycles. The van der Waals surface area contributed by atoms with Crippen LogP contribution in [-0.4, -0.2) is 12.2 Å². The molecule has 2 aromatic rings. The molecule has 0 saturated heterocycles. The molecule has 0 bridgehead atoms. The van der Waals surface area contributed by atoms with Gasteiger partial charge in [-0.15, -0.1) is 0 Å². The lowest BCUT2D eigenvalue weighted by atomic mass is 10.2. The van der Waals surface area contributed by atoms with Gasteiger partial charge in [0, 0.05) is 8.95 Å². The maximum absolute atomic E-state index is 9.23. The Hall–Kier alpha value is -1.04. The highest BCUT2D eigenvalue weighted by molar-refractivity contribution is 9.10. The molecule has 3 nitrogen and oxygen atoms in total. The van der Waals surface area contributed by atoms with Gasteiger partial charge in [0.2, 0.25) is 0 Å². The van der Waals surface area contributed by atoms with E-state index in [1.165, 1.54) is 0 Å². The zero-order chi connectivity index (χ0) is 14.5. The van der Waals surface area contributed by atoms with Gasteiger partial charge in [-0.2, -0.15) is 0 Å². The second kappa shape index (κ2) is 7.11. The molecule has 0 heterocycles. The van der Waals surface area contributed by atoms with Crippen molar-refractivity contribution in [2.75, 3.05) is 7.11 Å². The third kappa shape index (κ3) is 3.75. The number of aliphatic hydroxyl groups is 1. The van der Waals surface area contributed by atoms with Crippen molar-refractivity contribution >= 4 is 31.9 Å². The lowest BCUT2D eigenvalue weighted by Gasteiger charge is -2.13. The zero-order valence-corrected chi connectivity index (χ0v) is 14.1. The average Bonchev–Trinajstić information content (AvgIpc) is 2.46. The van der Waals surface area contributed by atoms with Gasteiger partial charge in [-0.05, 0) is 35.4 Å². The first-order chi connectivity index (χ1) is 9.63. The first kappa shape index (κ1) is 15.4. The number of aliphatic hydroxyl groups excluding tert-OH is 1. The number of benzene rings is 2. The molecule has 2 rings (SSSR count). The summed E-state index contributed by atoms with van der Waals surface area (Å²) in [5, 5.41) is 9.23. The number of ether oxygens (including phenoxy) is 2. The van der Waals surface area contributed by atoms with Crippen molar-refractivity contribution < 1.29 is 14.6 Å². The van der Waals surface area contributed by atoms with Crippen molar-refractivity contribution in [3.05, 3.63) is 56.5 Å². The minimum atomic E-state index is -0.0517. The number of rotatable bonds is 5. The topological polar surface area (TPSA) is 38.7 Å². The van der Waals surface area contributed by atoms with Gasteiger partial charge in [-0.1, -0.05) is 44.0 Å². The molecule has 0 aliphatic rings. The van der Waals surface area contributed by atoms with Crippen LogP contribution in [0.15, 0.2) is 45.3 Å². The van der Waals surface area contributed by atoms with Crippen molar-refractivity contribution in [2.45, 2.75) is 13.2 Å². The van der Waals surface area contributed by atoms with Crippen molar-refractivity contribution in [3.63, 3.8) is 0 Å². The molecule has 0 aliphatic heterocycles. The molecular formula is C15H14Br2O3. The first-order valence-corrected chi connectivity index (χ1v) is 7.57. The van der Waals surface area contributed by atoms with Gasteiger partial charge < -0.3 is 14.6 Å². The number of hydrogen-bond donors (Lipinski definition) is 1. The minimum Gasteiger partial charge on any atom is -0.493 e. The van der Waals surface area contributed by atoms with Gasteiger partial charge in [-0.25, -0.2) is 0 Å². The molecule has 5 heteroatoms. The van der Waals surface area contributed by atoms with Crippen molar-refractivity contribution in [3.8, 4) is 11.5 Å². The fourth-order valence-electron chi connectivity index (χ4n) is 1.71. The number of hydrogen-bond acceptors (Lipinski definition) is 3. The van der Waals surface area contributed by atoms with E-state index in [0.717, 1.165) is 20.1 Å². The van der Waals surface area contributed by atoms with E-state index in [0.29, 0.717) is 18.1 Å². The van der Waals surface area contributed by atoms with E-state index in [1.807, 2.05) is 30.3 Å². The van der Waals surface area contributed by atoms with Crippen LogP contribution in [0, 0.1) is 0 Å². The van der Waals surface area contributed by atoms with Crippen molar-refractivity contribution in [1.82, 2.24) is 0 Å². The highest BCUT2D eigenvalue weighted by Crippen LogP contribution is 2.34. The van der Waals surface area contributed by atoms with Gasteiger partial charge in [0.05, 0.1) is 13.7 Å². The van der Waals surface area contributed by atoms with E-state index >= 15 is 0 Å². The van der Waals surface area contributed by atoms with Gasteiger partial charge in [0.25, 0.3) is 0 Å². The van der Waals surface area contributed by atoms with Crippen LogP contribution < -0.4 is 9.47 Å². The van der Waals surface area contributed by atoms with Crippen LogP contribution in [-0.2, 0) is 13.2 Å². The van der Waals surface area contributed by atoms with Crippen LogP contribution >= 0.6 is 31.9 Å². The molecule has 0 fully saturated rings. The minimum absolute atomic E-state index is 0.0517. The smallest absolute Gasteiger partial charge is 0.162 e. The largest absolute Gasteiger partial charge is 0.493 e. The molecule has 0 atom stereocenters. The summed E-state index contributed by atoms with van der Waals surface area (Å²) >= 11 is 6.80. The molecule has 106 valence electrons. The molecule has 0 aromatic heterocycles. The van der Waals surface area contributed by atoms with Gasteiger partial charge >= 0.3 is 0 Å². The normalized spacial score (nSPS) is 10.4. The summed E-state index contributed by atoms with van der Waals surface area (Å²) in [5.41, 5.74) is 1.83. The highest BCUT2D eigenvalue weighted by atomic mass is 79.9. The van der Waals surface area contributed by atoms with Crippen LogP contribution in [0.3, 0.4) is 0 Å². The fourth-order valence-corrected chi connectivity index (χ4v) is 2.42. The van der Waals surface area contributed by atoms with Crippen LogP contribution in [0.5, 0.6) is 11.5 Å². The fraction of sp³-hybridized carbons (Fsp3) is 0.200. The Bertz CT molecular complexity index is 582. The molecule has 0 spiro atoms. The van der Waals surface area contributed by atoms with Crippen molar-refractivity contribution in [2.24, 2.45) is 0 Å². The van der Waals surface area contributed by atoms with Crippen LogP contribution in [0.2, 0.25) is 0 Å². The summed E-state index contributed by atoms with van der Waals surface area (Å²) < 4.78 is 12.9. The quantitative estimate of drug-likeness (QED) is 0.811. The number of methoxy groups -OCH3 is 1. The van der Waals surface area contributed by atoms with Crippen molar-refractivity contribution in [1.29, 1.82) is 0 Å². The lowest BCUT2D eigenvalue weighted by molar-refractivity contribution is 0.273. The first-order valence-electron chi connectivity index (χ1n) is 5.98. The Morgan fingerprint density at radius 3 is 2.35 bits per heavy atom. The second-order valence-corrected chi connectivity index (χ2v) is 5.94. The average molecular weight is 402 g/mol. The van der Waals surface area contributed by atoms with E-state index in [9.17, 15) is 5.11 Å². The van der Waals surface area contributed by atoms with Crippen LogP contribution in [0.1, 0.15) is 11.1 Å². The Balaban J connectivity index is 2.16. The summed E-state index contributed by atoms with van der Waals surface area (Å²) in [6.45, 7) is 0.401. The summed E-state index contributed by atoms with van der Waals surface area (Å²) in [6.07, 6.45) is 0. The van der Waals surface area contributed by atoms with Gasteiger partial charge in [0.15, 0.2) is 11.5 Å². The molecule has 20 heavy (non-hydrogen) atoms. The highest BCUT2D eigenvalue weighted by Gasteiger charge is 2.10. The molecule has 2 aromatic carbocycles. The zero-order valence-electron chi connectivity index (χ0n) is 10.9. The SMILES string of the molecule is COc1cc(CO)c(Br)cc1OCc1ccc(Br)cc1. The van der Waals surface area contributed by atoms with Gasteiger partial charge in [-0.3, -0.25) is 0 Å². The predicted octanol–water partition coefficient (Wildman–Crippen LogP) is 4.29. The summed E-state index contributed by atoms with van der Waals surface area (Å²) in [7, 11) is 1.58. The third-order valence-electron chi connectivity index (χ3n) is 2.81. The second-order valence-electron chi connectivity index (χ2n) is 4.17.